The van der Waals surface area contributed by atoms with Gasteiger partial charge in [0.05, 0.1) is 13.2 Å². The zero-order valence-electron chi connectivity index (χ0n) is 26.5. The number of aliphatic hydroxyl groups excluding tert-OH is 3. The number of phosphoric acid groups is 1. The van der Waals surface area contributed by atoms with Crippen molar-refractivity contribution in [2.75, 3.05) is 47.1 Å². The van der Waals surface area contributed by atoms with E-state index in [1.807, 2.05) is 20.0 Å². The quantitative estimate of drug-likeness (QED) is 0.0355. The molecular formula is C27H51BN3O13P. The predicted octanol–water partition coefficient (Wildman–Crippen LogP) is -1.10. The summed E-state index contributed by atoms with van der Waals surface area (Å²) >= 11 is 0. The number of hydrogen-bond acceptors (Lipinski definition) is 12. The molecule has 2 saturated heterocycles. The first-order valence-electron chi connectivity index (χ1n) is 15.3. The standard InChI is InChI=1S/C27H51BN3O13P/c1-17(33)31-21-23(35)22(34)19(15-32)43-26(21)41-14-10-9-13-30-27(36)29-12-8-6-4-5-7-11-18-24(44-45(37,38)40-3)20(16-39-2)42-25(18)28/h5,7,18-26,32,34-35H,4,6,8-16,28H2,1-3H3,(H,31,33)(H,37,38)(H2,29,30,36)/b7-5+/t18-,19+,20+,21+,22-,23+,24?,25+,26+/m0/s1. The third-order valence-electron chi connectivity index (χ3n) is 7.64. The molecule has 7 N–H and O–H groups in total. The number of urea groups is 1. The molecule has 18 heteroatoms. The number of unbranched alkanes of at least 4 members (excludes halogenated alkanes) is 3. The first kappa shape index (κ1) is 39.6. The molecule has 2 aliphatic heterocycles. The highest BCUT2D eigenvalue weighted by Crippen LogP contribution is 2.48. The lowest BCUT2D eigenvalue weighted by Crippen LogP contribution is -2.64. The van der Waals surface area contributed by atoms with Gasteiger partial charge in [-0.25, -0.2) is 9.36 Å². The molecule has 0 aromatic heterocycles. The van der Waals surface area contributed by atoms with Gasteiger partial charge in [0.15, 0.2) is 6.29 Å². The number of nitrogens with one attached hydrogen (secondary N) is 3. The number of carbonyl (C=O) groups is 2. The van der Waals surface area contributed by atoms with E-state index in [-0.39, 0.29) is 31.2 Å². The van der Waals surface area contributed by atoms with Crippen LogP contribution in [0.1, 0.15) is 45.4 Å². The molecule has 0 spiro atoms. The highest BCUT2D eigenvalue weighted by Gasteiger charge is 2.46. The number of rotatable bonds is 20. The summed E-state index contributed by atoms with van der Waals surface area (Å²) in [7, 11) is 0.357. The number of amides is 3. The van der Waals surface area contributed by atoms with Crippen molar-refractivity contribution in [1.82, 2.24) is 16.0 Å². The van der Waals surface area contributed by atoms with Gasteiger partial charge in [0.1, 0.15) is 44.4 Å². The Morgan fingerprint density at radius 2 is 1.69 bits per heavy atom. The van der Waals surface area contributed by atoms with Crippen LogP contribution in [0.2, 0.25) is 0 Å². The van der Waals surface area contributed by atoms with Crippen LogP contribution in [-0.4, -0.2) is 136 Å². The van der Waals surface area contributed by atoms with E-state index in [9.17, 15) is 34.4 Å². The fourth-order valence-corrected chi connectivity index (χ4v) is 5.91. The van der Waals surface area contributed by atoms with E-state index in [4.69, 9.17) is 23.5 Å². The van der Waals surface area contributed by atoms with Crippen LogP contribution >= 0.6 is 7.82 Å². The number of hydrogen-bond donors (Lipinski definition) is 7. The minimum Gasteiger partial charge on any atom is -0.394 e. The van der Waals surface area contributed by atoms with E-state index in [1.54, 1.807) is 0 Å². The van der Waals surface area contributed by atoms with E-state index in [0.717, 1.165) is 26.4 Å². The minimum atomic E-state index is -4.19. The fraction of sp³-hybridized carbons (Fsp3) is 0.852. The molecule has 0 saturated carbocycles. The number of phosphoric ester groups is 1. The van der Waals surface area contributed by atoms with E-state index >= 15 is 0 Å². The summed E-state index contributed by atoms with van der Waals surface area (Å²) < 4.78 is 44.2. The maximum Gasteiger partial charge on any atom is 0.472 e. The summed E-state index contributed by atoms with van der Waals surface area (Å²) in [5.41, 5.74) is 0. The van der Waals surface area contributed by atoms with Crippen molar-refractivity contribution in [2.24, 2.45) is 5.92 Å². The molecule has 0 bridgehead atoms. The molecule has 0 aromatic carbocycles. The Bertz CT molecular complexity index is 967. The summed E-state index contributed by atoms with van der Waals surface area (Å²) in [5.74, 6) is -0.569. The zero-order chi connectivity index (χ0) is 33.4. The molecule has 2 heterocycles. The van der Waals surface area contributed by atoms with Crippen LogP contribution in [0.25, 0.3) is 0 Å². The van der Waals surface area contributed by atoms with Crippen LogP contribution in [0.3, 0.4) is 0 Å². The van der Waals surface area contributed by atoms with Gasteiger partial charge in [-0.1, -0.05) is 12.2 Å². The summed E-state index contributed by atoms with van der Waals surface area (Å²) in [6.45, 7) is 2.12. The lowest BCUT2D eigenvalue weighted by Gasteiger charge is -2.42. The number of allylic oxidation sites excluding steroid dienone is 2. The average Bonchev–Trinajstić information content (AvgIpc) is 3.27. The maximum absolute atomic E-state index is 12.1. The molecule has 0 aromatic rings. The van der Waals surface area contributed by atoms with Crippen LogP contribution in [0, 0.1) is 5.92 Å². The molecule has 2 fully saturated rings. The molecule has 3 amide bonds. The van der Waals surface area contributed by atoms with Crippen LogP contribution in [0.15, 0.2) is 12.2 Å². The normalized spacial score (nSPS) is 31.5. The molecule has 2 rings (SSSR count). The fourth-order valence-electron chi connectivity index (χ4n) is 5.23. The SMILES string of the molecule is B[C@@H]1O[C@H](COC)C(OP(=O)(O)OC)[C@@H]1C/C=C/CCCCNC(=O)NCCCCO[C@@H]1O[C@H](CO)[C@H](O)[C@H](O)[C@H]1NC(C)=O. The van der Waals surface area contributed by atoms with Crippen LogP contribution in [0.4, 0.5) is 4.79 Å². The second-order valence-corrected chi connectivity index (χ2v) is 12.6. The lowest BCUT2D eigenvalue weighted by atomic mass is 9.82. The second kappa shape index (κ2) is 20.6. The van der Waals surface area contributed by atoms with Crippen LogP contribution in [-0.2, 0) is 37.4 Å². The van der Waals surface area contributed by atoms with Crippen molar-refractivity contribution in [3.8, 4) is 0 Å². The molecular weight excluding hydrogens is 616 g/mol. The highest BCUT2D eigenvalue weighted by molar-refractivity contribution is 7.47. The molecule has 0 aliphatic carbocycles. The summed E-state index contributed by atoms with van der Waals surface area (Å²) in [6.07, 6.45) is 2.30. The summed E-state index contributed by atoms with van der Waals surface area (Å²) in [5, 5.41) is 37.8. The smallest absolute Gasteiger partial charge is 0.394 e. The molecule has 260 valence electrons. The van der Waals surface area contributed by atoms with E-state index < -0.39 is 63.2 Å². The van der Waals surface area contributed by atoms with E-state index in [1.165, 1.54) is 14.0 Å². The molecule has 0 radical (unpaired) electrons. The lowest BCUT2D eigenvalue weighted by molar-refractivity contribution is -0.270. The molecule has 45 heavy (non-hydrogen) atoms. The zero-order valence-corrected chi connectivity index (χ0v) is 27.4. The second-order valence-electron chi connectivity index (χ2n) is 11.1. The van der Waals surface area contributed by atoms with Gasteiger partial charge in [-0.15, -0.1) is 0 Å². The van der Waals surface area contributed by atoms with Crippen molar-refractivity contribution in [2.45, 2.75) is 94.3 Å². The number of aliphatic hydroxyl groups is 3. The van der Waals surface area contributed by atoms with Gasteiger partial charge in [0, 0.05) is 52.8 Å². The maximum atomic E-state index is 12.1. The van der Waals surface area contributed by atoms with Gasteiger partial charge < -0.3 is 55.1 Å². The van der Waals surface area contributed by atoms with E-state index in [2.05, 4.69) is 20.5 Å². The Kier molecular flexibility index (Phi) is 18.1. The third kappa shape index (κ3) is 13.6. The van der Waals surface area contributed by atoms with Gasteiger partial charge in [-0.05, 0) is 38.5 Å². The first-order chi connectivity index (χ1) is 21.4. The topological polar surface area (TPSA) is 224 Å². The average molecular weight is 667 g/mol. The first-order valence-corrected chi connectivity index (χ1v) is 16.8. The molecule has 2 unspecified atom stereocenters. The summed E-state index contributed by atoms with van der Waals surface area (Å²) in [6, 6.07) is -1.46. The van der Waals surface area contributed by atoms with Gasteiger partial charge in [0.25, 0.3) is 0 Å². The van der Waals surface area contributed by atoms with Gasteiger partial charge in [-0.3, -0.25) is 13.8 Å². The van der Waals surface area contributed by atoms with Gasteiger partial charge in [0.2, 0.25) is 5.91 Å². The van der Waals surface area contributed by atoms with Crippen molar-refractivity contribution in [3.05, 3.63) is 12.2 Å². The number of carbonyl (C=O) groups excluding carboxylic acids is 2. The molecule has 10 atom stereocenters. The Morgan fingerprint density at radius 3 is 2.31 bits per heavy atom. The Hall–Kier alpha value is -1.63. The molecule has 2 aliphatic rings. The summed E-state index contributed by atoms with van der Waals surface area (Å²) in [4.78, 5) is 33.4. The predicted molar refractivity (Wildman–Crippen MR) is 164 cm³/mol. The van der Waals surface area contributed by atoms with Crippen molar-refractivity contribution in [1.29, 1.82) is 0 Å². The van der Waals surface area contributed by atoms with Gasteiger partial charge >= 0.3 is 13.9 Å². The van der Waals surface area contributed by atoms with Crippen LogP contribution < -0.4 is 16.0 Å². The van der Waals surface area contributed by atoms with Crippen molar-refractivity contribution < 1.29 is 62.4 Å². The monoisotopic (exact) mass is 667 g/mol. The highest BCUT2D eigenvalue weighted by atomic mass is 31.2. The Morgan fingerprint density at radius 1 is 1.00 bits per heavy atom. The third-order valence-corrected chi connectivity index (χ3v) is 8.62. The van der Waals surface area contributed by atoms with Crippen molar-refractivity contribution >= 4 is 27.6 Å². The largest absolute Gasteiger partial charge is 0.472 e. The minimum absolute atomic E-state index is 0.143. The van der Waals surface area contributed by atoms with Gasteiger partial charge in [-0.2, -0.15) is 0 Å². The number of ether oxygens (including phenoxy) is 4. The Balaban J connectivity index is 1.58. The molecule has 16 nitrogen and oxygen atoms in total. The van der Waals surface area contributed by atoms with E-state index in [0.29, 0.717) is 32.4 Å². The van der Waals surface area contributed by atoms with Crippen LogP contribution in [0.5, 0.6) is 0 Å². The van der Waals surface area contributed by atoms with Crippen molar-refractivity contribution in [3.63, 3.8) is 0 Å². The Labute approximate surface area is 265 Å². The number of methoxy groups -OCH3 is 1.